The molecule has 0 N–H and O–H groups in total. The Morgan fingerprint density at radius 3 is 2.53 bits per heavy atom. The zero-order valence-corrected chi connectivity index (χ0v) is 10.8. The molecule has 1 aromatic carbocycles. The van der Waals surface area contributed by atoms with Crippen LogP contribution in [0, 0.1) is 0 Å². The molecule has 0 radical (unpaired) electrons. The lowest BCUT2D eigenvalue weighted by Gasteiger charge is -2.12. The van der Waals surface area contributed by atoms with Crippen molar-refractivity contribution in [3.8, 4) is 11.5 Å². The second kappa shape index (κ2) is 5.95. The molecule has 17 heavy (non-hydrogen) atoms. The second-order valence-corrected chi connectivity index (χ2v) is 4.59. The summed E-state index contributed by atoms with van der Waals surface area (Å²) in [6.07, 6.45) is 0. The molecule has 1 unspecified atom stereocenters. The zero-order chi connectivity index (χ0) is 13.0. The van der Waals surface area contributed by atoms with Crippen LogP contribution in [0.2, 0.25) is 0 Å². The maximum atomic E-state index is 12.2. The minimum Gasteiger partial charge on any atom is -0.497 e. The third-order valence-corrected chi connectivity index (χ3v) is 2.45. The van der Waals surface area contributed by atoms with Crippen molar-refractivity contribution in [1.29, 1.82) is 0 Å². The topological polar surface area (TPSA) is 35.5 Å². The Kier molecular flexibility index (Phi) is 4.86. The molecule has 1 rings (SSSR count). The third kappa shape index (κ3) is 3.66. The molecule has 0 saturated heterocycles. The van der Waals surface area contributed by atoms with Crippen LogP contribution in [0.25, 0.3) is 0 Å². The highest BCUT2D eigenvalue weighted by Crippen LogP contribution is 2.27. The lowest BCUT2D eigenvalue weighted by molar-refractivity contribution is -0.0501. The first-order valence-electron chi connectivity index (χ1n) is 4.77. The first-order valence-corrected chi connectivity index (χ1v) is 5.68. The summed E-state index contributed by atoms with van der Waals surface area (Å²) in [4.78, 5) is 11.3. The summed E-state index contributed by atoms with van der Waals surface area (Å²) in [6, 6.07) is 4.11. The van der Waals surface area contributed by atoms with E-state index in [2.05, 4.69) is 20.7 Å². The number of hydrogen-bond acceptors (Lipinski definition) is 3. The van der Waals surface area contributed by atoms with Crippen molar-refractivity contribution in [2.45, 2.75) is 18.4 Å². The van der Waals surface area contributed by atoms with Gasteiger partial charge in [0.05, 0.1) is 17.5 Å². The van der Waals surface area contributed by atoms with Crippen LogP contribution in [0.3, 0.4) is 0 Å². The van der Waals surface area contributed by atoms with Crippen molar-refractivity contribution in [3.63, 3.8) is 0 Å². The number of carbonyl (C=O) groups excluding carboxylic acids is 1. The van der Waals surface area contributed by atoms with Crippen molar-refractivity contribution in [2.24, 2.45) is 0 Å². The lowest BCUT2D eigenvalue weighted by Crippen LogP contribution is -2.14. The molecule has 1 atom stereocenters. The molecule has 0 aliphatic heterocycles. The van der Waals surface area contributed by atoms with Crippen LogP contribution in [0.15, 0.2) is 18.2 Å². The number of alkyl halides is 3. The predicted octanol–water partition coefficient (Wildman–Crippen LogP) is 3.26. The fourth-order valence-corrected chi connectivity index (χ4v) is 1.49. The maximum absolute atomic E-state index is 12.2. The number of hydrogen-bond donors (Lipinski definition) is 0. The summed E-state index contributed by atoms with van der Waals surface area (Å²) in [5, 5.41) is 0. The molecule has 0 fully saturated rings. The monoisotopic (exact) mass is 308 g/mol. The quantitative estimate of drug-likeness (QED) is 0.618. The van der Waals surface area contributed by atoms with E-state index in [1.54, 1.807) is 6.92 Å². The number of benzene rings is 1. The summed E-state index contributed by atoms with van der Waals surface area (Å²) >= 11 is 3.09. The van der Waals surface area contributed by atoms with E-state index in [1.807, 2.05) is 0 Å². The Morgan fingerprint density at radius 2 is 2.06 bits per heavy atom. The predicted molar refractivity (Wildman–Crippen MR) is 62.3 cm³/mol. The van der Waals surface area contributed by atoms with Crippen LogP contribution in [0.5, 0.6) is 11.5 Å². The van der Waals surface area contributed by atoms with E-state index in [1.165, 1.54) is 25.3 Å². The molecule has 3 nitrogen and oxygen atoms in total. The SMILES string of the molecule is COc1ccc(OC(F)F)c(C(=O)C(C)Br)c1. The van der Waals surface area contributed by atoms with Crippen LogP contribution < -0.4 is 9.47 Å². The van der Waals surface area contributed by atoms with Gasteiger partial charge in [-0.25, -0.2) is 0 Å². The van der Waals surface area contributed by atoms with Gasteiger partial charge in [-0.3, -0.25) is 4.79 Å². The molecule has 0 amide bonds. The standard InChI is InChI=1S/C11H11BrF2O3/c1-6(12)10(15)8-5-7(16-2)3-4-9(8)17-11(13)14/h3-6,11H,1-2H3. The molecule has 6 heteroatoms. The van der Waals surface area contributed by atoms with E-state index in [-0.39, 0.29) is 17.1 Å². The zero-order valence-electron chi connectivity index (χ0n) is 9.25. The molecule has 1 aromatic rings. The highest BCUT2D eigenvalue weighted by atomic mass is 79.9. The van der Waals surface area contributed by atoms with Crippen LogP contribution in [-0.4, -0.2) is 24.3 Å². The number of halogens is 3. The fourth-order valence-electron chi connectivity index (χ4n) is 1.24. The van der Waals surface area contributed by atoms with Crippen molar-refractivity contribution in [3.05, 3.63) is 23.8 Å². The summed E-state index contributed by atoms with van der Waals surface area (Å²) in [6.45, 7) is -1.37. The van der Waals surface area contributed by atoms with Gasteiger partial charge < -0.3 is 9.47 Å². The highest BCUT2D eigenvalue weighted by molar-refractivity contribution is 9.10. The summed E-state index contributed by atoms with van der Waals surface area (Å²) in [5.41, 5.74) is 0.0639. The van der Waals surface area contributed by atoms with E-state index in [4.69, 9.17) is 4.74 Å². The number of ether oxygens (including phenoxy) is 2. The minimum absolute atomic E-state index is 0.0639. The summed E-state index contributed by atoms with van der Waals surface area (Å²) in [5.74, 6) is -0.0974. The van der Waals surface area contributed by atoms with E-state index >= 15 is 0 Å². The van der Waals surface area contributed by atoms with Gasteiger partial charge in [0.2, 0.25) is 0 Å². The fraction of sp³-hybridized carbons (Fsp3) is 0.364. The van der Waals surface area contributed by atoms with Gasteiger partial charge in [0.1, 0.15) is 11.5 Å². The van der Waals surface area contributed by atoms with E-state index in [0.717, 1.165) is 0 Å². The molecule has 0 aliphatic carbocycles. The van der Waals surface area contributed by atoms with Crippen molar-refractivity contribution in [1.82, 2.24) is 0 Å². The van der Waals surface area contributed by atoms with Gasteiger partial charge in [0.25, 0.3) is 0 Å². The van der Waals surface area contributed by atoms with Gasteiger partial charge in [-0.1, -0.05) is 15.9 Å². The number of carbonyl (C=O) groups is 1. The Morgan fingerprint density at radius 1 is 1.41 bits per heavy atom. The molecule has 0 heterocycles. The first kappa shape index (κ1) is 13.9. The number of Topliss-reactive ketones (excluding diaryl/α,β-unsaturated/α-hetero) is 1. The van der Waals surface area contributed by atoms with Gasteiger partial charge >= 0.3 is 6.61 Å². The van der Waals surface area contributed by atoms with Crippen molar-refractivity contribution < 1.29 is 23.0 Å². The van der Waals surface area contributed by atoms with Gasteiger partial charge in [-0.2, -0.15) is 8.78 Å². The summed E-state index contributed by atoms with van der Waals surface area (Å²) < 4.78 is 33.6. The molecule has 0 aromatic heterocycles. The number of ketones is 1. The van der Waals surface area contributed by atoms with E-state index in [9.17, 15) is 13.6 Å². The van der Waals surface area contributed by atoms with Crippen molar-refractivity contribution >= 4 is 21.7 Å². The Labute approximate surface area is 106 Å². The van der Waals surface area contributed by atoms with Gasteiger partial charge in [-0.15, -0.1) is 0 Å². The van der Waals surface area contributed by atoms with Crippen LogP contribution in [0.1, 0.15) is 17.3 Å². The molecule has 0 saturated carbocycles. The average molecular weight is 309 g/mol. The van der Waals surface area contributed by atoms with Crippen LogP contribution in [0.4, 0.5) is 8.78 Å². The molecule has 94 valence electrons. The number of methoxy groups -OCH3 is 1. The van der Waals surface area contributed by atoms with Gasteiger partial charge in [0, 0.05) is 0 Å². The van der Waals surface area contributed by atoms with Crippen LogP contribution in [-0.2, 0) is 0 Å². The molecular formula is C11H11BrF2O3. The number of rotatable bonds is 5. The first-order chi connectivity index (χ1) is 7.95. The maximum Gasteiger partial charge on any atom is 0.387 e. The molecule has 0 spiro atoms. The minimum atomic E-state index is -2.97. The van der Waals surface area contributed by atoms with Crippen molar-refractivity contribution in [2.75, 3.05) is 7.11 Å². The van der Waals surface area contributed by atoms with E-state index < -0.39 is 11.4 Å². The molecule has 0 aliphatic rings. The Balaban J connectivity index is 3.16. The van der Waals surface area contributed by atoms with Gasteiger partial charge in [0.15, 0.2) is 5.78 Å². The average Bonchev–Trinajstić information content (AvgIpc) is 2.27. The smallest absolute Gasteiger partial charge is 0.387 e. The normalized spacial score (nSPS) is 12.4. The highest BCUT2D eigenvalue weighted by Gasteiger charge is 2.20. The lowest BCUT2D eigenvalue weighted by atomic mass is 10.1. The molecule has 0 bridgehead atoms. The largest absolute Gasteiger partial charge is 0.497 e. The Hall–Kier alpha value is -1.17. The second-order valence-electron chi connectivity index (χ2n) is 3.22. The van der Waals surface area contributed by atoms with Crippen LogP contribution >= 0.6 is 15.9 Å². The third-order valence-electron chi connectivity index (χ3n) is 2.03. The van der Waals surface area contributed by atoms with E-state index in [0.29, 0.717) is 5.75 Å². The van der Waals surface area contributed by atoms with Gasteiger partial charge in [-0.05, 0) is 25.1 Å². The Bertz CT molecular complexity index is 408. The molecular weight excluding hydrogens is 298 g/mol. The summed E-state index contributed by atoms with van der Waals surface area (Å²) in [7, 11) is 1.43.